The highest BCUT2D eigenvalue weighted by Gasteiger charge is 2.27. The molecule has 36 heavy (non-hydrogen) atoms. The Labute approximate surface area is 212 Å². The number of nitrogens with one attached hydrogen (secondary N) is 2. The second-order valence-electron chi connectivity index (χ2n) is 10.5. The van der Waals surface area contributed by atoms with Crippen molar-refractivity contribution >= 4 is 17.4 Å². The summed E-state index contributed by atoms with van der Waals surface area (Å²) in [4.78, 5) is 27.0. The van der Waals surface area contributed by atoms with Crippen LogP contribution in [0.2, 0.25) is 0 Å². The van der Waals surface area contributed by atoms with Gasteiger partial charge in [0.15, 0.2) is 0 Å². The fraction of sp³-hybridized carbons (Fsp3) is 0.414. The fourth-order valence-corrected chi connectivity index (χ4v) is 5.33. The molecule has 1 unspecified atom stereocenters. The van der Waals surface area contributed by atoms with Crippen molar-refractivity contribution in [2.24, 2.45) is 5.92 Å². The van der Waals surface area contributed by atoms with E-state index in [0.29, 0.717) is 6.54 Å². The van der Waals surface area contributed by atoms with Crippen LogP contribution in [0.15, 0.2) is 60.9 Å². The normalized spacial score (nSPS) is 24.4. The molecule has 7 nitrogen and oxygen atoms in total. The first-order valence-corrected chi connectivity index (χ1v) is 13.2. The predicted molar refractivity (Wildman–Crippen MR) is 142 cm³/mol. The van der Waals surface area contributed by atoms with Gasteiger partial charge in [-0.05, 0) is 53.8 Å². The molecule has 5 aliphatic heterocycles. The molecular formula is C29H34N6O. The average molecular weight is 483 g/mol. The Bertz CT molecular complexity index is 1200. The van der Waals surface area contributed by atoms with Gasteiger partial charge in [-0.1, -0.05) is 31.0 Å². The summed E-state index contributed by atoms with van der Waals surface area (Å²) in [6, 6.07) is 17.0. The maximum Gasteiger partial charge on any atom is 0.234 e. The Kier molecular flexibility index (Phi) is 6.66. The number of carbonyl (C=O) groups is 1. The molecule has 186 valence electrons. The number of carbonyl (C=O) groups excluding carboxylic acids is 1. The van der Waals surface area contributed by atoms with Crippen LogP contribution in [-0.4, -0.2) is 64.4 Å². The van der Waals surface area contributed by atoms with Gasteiger partial charge in [0.2, 0.25) is 5.91 Å². The molecule has 1 saturated heterocycles. The zero-order valence-electron chi connectivity index (χ0n) is 20.7. The molecule has 8 bridgehead atoms. The predicted octanol–water partition coefficient (Wildman–Crippen LogP) is 3.85. The lowest BCUT2D eigenvalue weighted by molar-refractivity contribution is -0.123. The lowest BCUT2D eigenvalue weighted by Gasteiger charge is -2.34. The van der Waals surface area contributed by atoms with E-state index >= 15 is 0 Å². The summed E-state index contributed by atoms with van der Waals surface area (Å²) in [5.41, 5.74) is 5.47. The molecule has 2 N–H and O–H groups in total. The molecule has 3 aromatic rings. The Hall–Kier alpha value is -3.29. The van der Waals surface area contributed by atoms with Gasteiger partial charge in [-0.25, -0.2) is 4.98 Å². The van der Waals surface area contributed by atoms with E-state index in [9.17, 15) is 4.79 Å². The average Bonchev–Trinajstić information content (AvgIpc) is 3.70. The first-order chi connectivity index (χ1) is 17.7. The van der Waals surface area contributed by atoms with Gasteiger partial charge in [-0.15, -0.1) is 0 Å². The van der Waals surface area contributed by atoms with Crippen molar-refractivity contribution in [3.8, 4) is 11.1 Å². The van der Waals surface area contributed by atoms with E-state index in [-0.39, 0.29) is 11.9 Å². The summed E-state index contributed by atoms with van der Waals surface area (Å²) in [7, 11) is 0. The zero-order chi connectivity index (χ0) is 24.3. The summed E-state index contributed by atoms with van der Waals surface area (Å²) in [6.45, 7) is 5.15. The third-order valence-corrected chi connectivity index (χ3v) is 7.49. The van der Waals surface area contributed by atoms with Crippen LogP contribution in [0.4, 0.5) is 11.5 Å². The summed E-state index contributed by atoms with van der Waals surface area (Å²) in [5.74, 6) is 1.70. The number of aromatic nitrogens is 2. The molecular weight excluding hydrogens is 448 g/mol. The second-order valence-corrected chi connectivity index (χ2v) is 10.5. The van der Waals surface area contributed by atoms with Gasteiger partial charge < -0.3 is 10.6 Å². The van der Waals surface area contributed by atoms with Crippen molar-refractivity contribution < 1.29 is 4.79 Å². The number of anilines is 2. The molecule has 1 atom stereocenters. The van der Waals surface area contributed by atoms with Crippen LogP contribution in [0.25, 0.3) is 11.1 Å². The SMILES string of the molecule is O=C1CN2CCN(CC2)Cc2cccc(c2)Nc2cc(ccn2)-c2ccc(nc2)CC(CC2CC2)N1. The Morgan fingerprint density at radius 2 is 1.72 bits per heavy atom. The third kappa shape index (κ3) is 5.91. The number of nitrogens with zero attached hydrogens (tertiary/aromatic N) is 4. The summed E-state index contributed by atoms with van der Waals surface area (Å²) in [6.07, 6.45) is 8.15. The van der Waals surface area contributed by atoms with Crippen LogP contribution in [0.1, 0.15) is 30.5 Å². The quantitative estimate of drug-likeness (QED) is 0.578. The highest BCUT2D eigenvalue weighted by atomic mass is 16.2. The van der Waals surface area contributed by atoms with Crippen LogP contribution in [0, 0.1) is 5.92 Å². The molecule has 1 aromatic carbocycles. The molecule has 2 fully saturated rings. The summed E-state index contributed by atoms with van der Waals surface area (Å²) in [5, 5.41) is 6.82. The van der Waals surface area contributed by atoms with Crippen molar-refractivity contribution in [1.29, 1.82) is 0 Å². The molecule has 7 heterocycles. The molecule has 0 spiro atoms. The van der Waals surface area contributed by atoms with Crippen LogP contribution in [0.5, 0.6) is 0 Å². The van der Waals surface area contributed by atoms with Crippen LogP contribution in [-0.2, 0) is 17.8 Å². The molecule has 9 rings (SSSR count). The lowest BCUT2D eigenvalue weighted by atomic mass is 10.0. The third-order valence-electron chi connectivity index (χ3n) is 7.49. The van der Waals surface area contributed by atoms with Crippen molar-refractivity contribution in [2.45, 2.75) is 38.3 Å². The van der Waals surface area contributed by atoms with E-state index in [1.807, 2.05) is 18.5 Å². The van der Waals surface area contributed by atoms with Gasteiger partial charge in [-0.3, -0.25) is 19.6 Å². The number of rotatable bonds is 2. The number of hydrogen-bond acceptors (Lipinski definition) is 6. The van der Waals surface area contributed by atoms with E-state index < -0.39 is 0 Å². The van der Waals surface area contributed by atoms with E-state index in [1.54, 1.807) is 0 Å². The van der Waals surface area contributed by atoms with E-state index in [4.69, 9.17) is 4.98 Å². The molecule has 1 aliphatic carbocycles. The molecule has 2 aromatic heterocycles. The molecule has 1 amide bonds. The van der Waals surface area contributed by atoms with Crippen molar-refractivity contribution in [3.63, 3.8) is 0 Å². The van der Waals surface area contributed by atoms with Gasteiger partial charge in [0.1, 0.15) is 5.82 Å². The first-order valence-electron chi connectivity index (χ1n) is 13.2. The topological polar surface area (TPSA) is 73.4 Å². The van der Waals surface area contributed by atoms with Gasteiger partial charge in [0.05, 0.1) is 6.54 Å². The minimum Gasteiger partial charge on any atom is -0.352 e. The molecule has 0 radical (unpaired) electrons. The Balaban J connectivity index is 1.28. The molecule has 1 saturated carbocycles. The minimum absolute atomic E-state index is 0.139. The van der Waals surface area contributed by atoms with Crippen LogP contribution >= 0.6 is 0 Å². The number of pyridine rings is 2. The monoisotopic (exact) mass is 482 g/mol. The maximum atomic E-state index is 13.0. The highest BCUT2D eigenvalue weighted by Crippen LogP contribution is 2.34. The van der Waals surface area contributed by atoms with E-state index in [2.05, 4.69) is 67.9 Å². The van der Waals surface area contributed by atoms with Gasteiger partial charge in [0.25, 0.3) is 0 Å². The summed E-state index contributed by atoms with van der Waals surface area (Å²) >= 11 is 0. The number of hydrogen-bond donors (Lipinski definition) is 2. The number of amides is 1. The van der Waals surface area contributed by atoms with Crippen molar-refractivity contribution in [2.75, 3.05) is 38.0 Å². The standard InChI is InChI=1S/C29H34N6O/c36-29-20-35-12-10-34(11-13-35)19-22-2-1-3-26(15-22)32-28-16-23(8-9-30-28)24-6-7-25(31-18-24)17-27(33-29)14-21-4-5-21/h1-3,6-9,15-16,18,21,27H,4-5,10-14,17,19-20H2,(H,30,32)(H,33,36). The Morgan fingerprint density at radius 3 is 2.50 bits per heavy atom. The summed E-state index contributed by atoms with van der Waals surface area (Å²) < 4.78 is 0. The second kappa shape index (κ2) is 10.4. The van der Waals surface area contributed by atoms with Crippen LogP contribution < -0.4 is 10.6 Å². The fourth-order valence-electron chi connectivity index (χ4n) is 5.33. The van der Waals surface area contributed by atoms with Crippen LogP contribution in [0.3, 0.4) is 0 Å². The minimum atomic E-state index is 0.139. The Morgan fingerprint density at radius 1 is 0.889 bits per heavy atom. The first kappa shape index (κ1) is 23.1. The molecule has 6 aliphatic rings. The number of piperazine rings is 1. The van der Waals surface area contributed by atoms with Crippen molar-refractivity contribution in [3.05, 3.63) is 72.2 Å². The zero-order valence-corrected chi connectivity index (χ0v) is 20.7. The maximum absolute atomic E-state index is 13.0. The smallest absolute Gasteiger partial charge is 0.234 e. The van der Waals surface area contributed by atoms with E-state index in [0.717, 1.165) is 79.8 Å². The van der Waals surface area contributed by atoms with Crippen molar-refractivity contribution in [1.82, 2.24) is 25.1 Å². The van der Waals surface area contributed by atoms with Gasteiger partial charge in [-0.2, -0.15) is 0 Å². The highest BCUT2D eigenvalue weighted by molar-refractivity contribution is 5.78. The largest absolute Gasteiger partial charge is 0.352 e. The van der Waals surface area contributed by atoms with Gasteiger partial charge in [0, 0.05) is 74.5 Å². The lowest BCUT2D eigenvalue weighted by Crippen LogP contribution is -2.50. The van der Waals surface area contributed by atoms with E-state index in [1.165, 1.54) is 18.4 Å². The number of benzene rings is 1. The molecule has 7 heteroatoms. The van der Waals surface area contributed by atoms with Gasteiger partial charge >= 0.3 is 0 Å².